The predicted octanol–water partition coefficient (Wildman–Crippen LogP) is 3.11. The van der Waals surface area contributed by atoms with Crippen LogP contribution in [-0.2, 0) is 0 Å². The zero-order valence-corrected chi connectivity index (χ0v) is 10.8. The quantitative estimate of drug-likeness (QED) is 0.485. The van der Waals surface area contributed by atoms with E-state index in [0.29, 0.717) is 11.3 Å². The maximum atomic E-state index is 11.7. The average molecular weight is 325 g/mol. The summed E-state index contributed by atoms with van der Waals surface area (Å²) in [7, 11) is 1.55. The van der Waals surface area contributed by atoms with E-state index in [-0.39, 0.29) is 5.78 Å². The summed E-state index contributed by atoms with van der Waals surface area (Å²) in [6, 6.07) is 5.42. The van der Waals surface area contributed by atoms with Crippen LogP contribution in [0.4, 0.5) is 0 Å². The zero-order valence-electron chi connectivity index (χ0n) is 7.88. The highest BCUT2D eigenvalue weighted by atomic mass is 127. The second-order valence-corrected chi connectivity index (χ2v) is 4.62. The molecule has 1 aromatic rings. The number of hydrogen-bond acceptors (Lipinski definition) is 2. The molecule has 0 aliphatic carbocycles. The van der Waals surface area contributed by atoms with E-state index in [4.69, 9.17) is 16.3 Å². The van der Waals surface area contributed by atoms with Crippen LogP contribution in [0.5, 0.6) is 5.75 Å². The Hall–Kier alpha value is -0.290. The number of methoxy groups -OCH3 is 1. The molecule has 0 aliphatic heterocycles. The fraction of sp³-hybridized carbons (Fsp3) is 0.300. The van der Waals surface area contributed by atoms with E-state index in [2.05, 4.69) is 22.6 Å². The number of ketones is 1. The fourth-order valence-corrected chi connectivity index (χ4v) is 1.96. The highest BCUT2D eigenvalue weighted by molar-refractivity contribution is 14.1. The second kappa shape index (κ2) is 4.98. The van der Waals surface area contributed by atoms with E-state index in [1.807, 2.05) is 12.1 Å². The highest BCUT2D eigenvalue weighted by Gasteiger charge is 2.18. The minimum absolute atomic E-state index is 0.109. The van der Waals surface area contributed by atoms with Crippen molar-refractivity contribution in [2.75, 3.05) is 7.11 Å². The molecule has 4 heteroatoms. The normalized spacial score (nSPS) is 12.3. The third kappa shape index (κ3) is 2.39. The van der Waals surface area contributed by atoms with Crippen LogP contribution in [0, 0.1) is 3.57 Å². The molecule has 0 heterocycles. The van der Waals surface area contributed by atoms with Crippen LogP contribution >= 0.6 is 34.2 Å². The van der Waals surface area contributed by atoms with Gasteiger partial charge in [0.15, 0.2) is 5.78 Å². The minimum atomic E-state index is -0.526. The average Bonchev–Trinajstić information content (AvgIpc) is 2.16. The van der Waals surface area contributed by atoms with Crippen LogP contribution in [-0.4, -0.2) is 18.3 Å². The molecule has 0 fully saturated rings. The van der Waals surface area contributed by atoms with Gasteiger partial charge in [-0.25, -0.2) is 0 Å². The summed E-state index contributed by atoms with van der Waals surface area (Å²) >= 11 is 7.86. The van der Waals surface area contributed by atoms with Crippen molar-refractivity contribution in [2.45, 2.75) is 12.3 Å². The summed E-state index contributed by atoms with van der Waals surface area (Å²) < 4.78 is 6.07. The summed E-state index contributed by atoms with van der Waals surface area (Å²) in [6.45, 7) is 1.66. The molecule has 0 N–H and O–H groups in total. The minimum Gasteiger partial charge on any atom is -0.495 e. The third-order valence-corrected chi connectivity index (χ3v) is 2.85. The van der Waals surface area contributed by atoms with Crippen molar-refractivity contribution < 1.29 is 9.53 Å². The molecule has 2 nitrogen and oxygen atoms in total. The van der Waals surface area contributed by atoms with E-state index in [1.54, 1.807) is 20.1 Å². The Morgan fingerprint density at radius 2 is 2.21 bits per heavy atom. The Labute approximate surface area is 102 Å². The van der Waals surface area contributed by atoms with Gasteiger partial charge in [-0.2, -0.15) is 0 Å². The molecule has 1 aromatic carbocycles. The van der Waals surface area contributed by atoms with E-state index >= 15 is 0 Å². The smallest absolute Gasteiger partial charge is 0.184 e. The van der Waals surface area contributed by atoms with Crippen molar-refractivity contribution in [3.63, 3.8) is 0 Å². The number of rotatable bonds is 3. The van der Waals surface area contributed by atoms with E-state index in [9.17, 15) is 4.79 Å². The van der Waals surface area contributed by atoms with Crippen LogP contribution in [0.3, 0.4) is 0 Å². The van der Waals surface area contributed by atoms with Gasteiger partial charge < -0.3 is 4.74 Å². The third-order valence-electron chi connectivity index (χ3n) is 1.80. The fourth-order valence-electron chi connectivity index (χ4n) is 1.12. The van der Waals surface area contributed by atoms with Gasteiger partial charge in [0, 0.05) is 0 Å². The number of carbonyl (C=O) groups is 1. The first kappa shape index (κ1) is 11.8. The van der Waals surface area contributed by atoms with Crippen molar-refractivity contribution in [2.24, 2.45) is 0 Å². The molecule has 0 saturated carbocycles. The second-order valence-electron chi connectivity index (χ2n) is 2.80. The summed E-state index contributed by atoms with van der Waals surface area (Å²) in [6.07, 6.45) is 0. The summed E-state index contributed by atoms with van der Waals surface area (Å²) in [5, 5.41) is -0.526. The SMILES string of the molecule is COc1c(I)cccc1C(=O)C(C)Cl. The summed E-state index contributed by atoms with van der Waals surface area (Å²) in [5.74, 6) is 0.493. The van der Waals surface area contributed by atoms with Gasteiger partial charge in [0.25, 0.3) is 0 Å². The number of para-hydroxylation sites is 1. The number of Topliss-reactive ketones (excluding diaryl/α,β-unsaturated/α-hetero) is 1. The first-order valence-electron chi connectivity index (χ1n) is 4.08. The van der Waals surface area contributed by atoms with Crippen LogP contribution in [0.2, 0.25) is 0 Å². The zero-order chi connectivity index (χ0) is 10.7. The van der Waals surface area contributed by atoms with Gasteiger partial charge in [-0.1, -0.05) is 6.07 Å². The highest BCUT2D eigenvalue weighted by Crippen LogP contribution is 2.26. The van der Waals surface area contributed by atoms with Gasteiger partial charge in [0.2, 0.25) is 0 Å². The number of hydrogen-bond donors (Lipinski definition) is 0. The van der Waals surface area contributed by atoms with Gasteiger partial charge in [0.05, 0.1) is 21.6 Å². The Kier molecular flexibility index (Phi) is 4.19. The lowest BCUT2D eigenvalue weighted by Gasteiger charge is -2.10. The van der Waals surface area contributed by atoms with Gasteiger partial charge in [0.1, 0.15) is 5.75 Å². The lowest BCUT2D eigenvalue weighted by molar-refractivity contribution is 0.0988. The molecule has 0 amide bonds. The van der Waals surface area contributed by atoms with Gasteiger partial charge >= 0.3 is 0 Å². The molecular formula is C10H10ClIO2. The molecule has 0 saturated heterocycles. The maximum Gasteiger partial charge on any atom is 0.184 e. The number of halogens is 2. The van der Waals surface area contributed by atoms with Gasteiger partial charge in [-0.15, -0.1) is 11.6 Å². The van der Waals surface area contributed by atoms with E-state index in [1.165, 1.54) is 0 Å². The summed E-state index contributed by atoms with van der Waals surface area (Å²) in [4.78, 5) is 11.7. The molecule has 14 heavy (non-hydrogen) atoms. The number of alkyl halides is 1. The van der Waals surface area contributed by atoms with E-state index in [0.717, 1.165) is 3.57 Å². The molecule has 0 radical (unpaired) electrons. The molecule has 1 atom stereocenters. The molecule has 76 valence electrons. The summed E-state index contributed by atoms with van der Waals surface area (Å²) in [5.41, 5.74) is 0.543. The van der Waals surface area contributed by atoms with Gasteiger partial charge in [-0.05, 0) is 41.6 Å². The van der Waals surface area contributed by atoms with Crippen molar-refractivity contribution in [1.29, 1.82) is 0 Å². The van der Waals surface area contributed by atoms with Crippen molar-refractivity contribution in [3.8, 4) is 5.75 Å². The lowest BCUT2D eigenvalue weighted by atomic mass is 10.1. The van der Waals surface area contributed by atoms with Crippen molar-refractivity contribution >= 4 is 40.0 Å². The Bertz CT molecular complexity index is 350. The van der Waals surface area contributed by atoms with E-state index < -0.39 is 5.38 Å². The molecule has 1 unspecified atom stereocenters. The molecule has 0 bridgehead atoms. The molecule has 0 aliphatic rings. The molecular weight excluding hydrogens is 314 g/mol. The van der Waals surface area contributed by atoms with Crippen molar-refractivity contribution in [1.82, 2.24) is 0 Å². The monoisotopic (exact) mass is 324 g/mol. The molecule has 0 spiro atoms. The van der Waals surface area contributed by atoms with Crippen LogP contribution in [0.1, 0.15) is 17.3 Å². The van der Waals surface area contributed by atoms with Crippen LogP contribution in [0.15, 0.2) is 18.2 Å². The molecule has 1 rings (SSSR count). The molecule has 0 aromatic heterocycles. The Morgan fingerprint density at radius 3 is 2.71 bits per heavy atom. The topological polar surface area (TPSA) is 26.3 Å². The van der Waals surface area contributed by atoms with Crippen LogP contribution < -0.4 is 4.74 Å². The number of carbonyl (C=O) groups excluding carboxylic acids is 1. The maximum absolute atomic E-state index is 11.7. The van der Waals surface area contributed by atoms with Gasteiger partial charge in [-0.3, -0.25) is 4.79 Å². The Balaban J connectivity index is 3.20. The van der Waals surface area contributed by atoms with Crippen molar-refractivity contribution in [3.05, 3.63) is 27.3 Å². The Morgan fingerprint density at radius 1 is 1.57 bits per heavy atom. The number of ether oxygens (including phenoxy) is 1. The number of benzene rings is 1. The van der Waals surface area contributed by atoms with Crippen LogP contribution in [0.25, 0.3) is 0 Å². The predicted molar refractivity (Wildman–Crippen MR) is 65.4 cm³/mol. The largest absolute Gasteiger partial charge is 0.495 e. The standard InChI is InChI=1S/C10H10ClIO2/c1-6(11)9(13)7-4-3-5-8(12)10(7)14-2/h3-6H,1-2H3. The lowest BCUT2D eigenvalue weighted by Crippen LogP contribution is -2.12. The first-order valence-corrected chi connectivity index (χ1v) is 5.60. The first-order chi connectivity index (χ1) is 6.57.